The number of halogens is 1. The van der Waals surface area contributed by atoms with Crippen LogP contribution in [0.3, 0.4) is 0 Å². The maximum Gasteiger partial charge on any atom is 0.322 e. The van der Waals surface area contributed by atoms with E-state index in [0.29, 0.717) is 27.2 Å². The largest absolute Gasteiger partial charge is 0.322 e. The molecule has 0 saturated carbocycles. The summed E-state index contributed by atoms with van der Waals surface area (Å²) in [4.78, 5) is 45.9. The highest BCUT2D eigenvalue weighted by Gasteiger charge is 2.50. The molecule has 1 unspecified atom stereocenters. The molecule has 9 heteroatoms. The highest BCUT2D eigenvalue weighted by Crippen LogP contribution is 2.39. The Labute approximate surface area is 157 Å². The van der Waals surface area contributed by atoms with Crippen molar-refractivity contribution in [3.63, 3.8) is 0 Å². The molecule has 1 atom stereocenters. The molecule has 0 radical (unpaired) electrons. The number of amides is 3. The number of carbonyl (C=O) groups excluding carboxylic acids is 2. The zero-order valence-electron chi connectivity index (χ0n) is 13.8. The third-order valence-corrected chi connectivity index (χ3v) is 5.29. The molecule has 5 rings (SSSR count). The summed E-state index contributed by atoms with van der Waals surface area (Å²) in [5, 5.41) is 5.35. The Morgan fingerprint density at radius 2 is 1.93 bits per heavy atom. The number of imide groups is 1. The molecule has 3 amide bonds. The first-order valence-corrected chi connectivity index (χ1v) is 8.66. The number of rotatable bonds is 1. The van der Waals surface area contributed by atoms with Gasteiger partial charge in [0.05, 0.1) is 11.0 Å². The molecule has 1 fully saturated rings. The van der Waals surface area contributed by atoms with Crippen LogP contribution in [0.5, 0.6) is 0 Å². The van der Waals surface area contributed by atoms with E-state index in [0.717, 1.165) is 0 Å². The van der Waals surface area contributed by atoms with Crippen LogP contribution in [-0.4, -0.2) is 26.5 Å². The number of carbonyl (C=O) groups is 2. The number of aryl methyl sites for hydroxylation is 1. The Morgan fingerprint density at radius 3 is 2.63 bits per heavy atom. The summed E-state index contributed by atoms with van der Waals surface area (Å²) in [6.07, 6.45) is 3.42. The molecule has 8 nitrogen and oxygen atoms in total. The normalized spacial score (nSPS) is 20.8. The summed E-state index contributed by atoms with van der Waals surface area (Å²) in [6.45, 7) is 0.262. The molecule has 27 heavy (non-hydrogen) atoms. The predicted molar refractivity (Wildman–Crippen MR) is 97.2 cm³/mol. The Morgan fingerprint density at radius 1 is 1.15 bits per heavy atom. The highest BCUT2D eigenvalue weighted by molar-refractivity contribution is 6.31. The first-order chi connectivity index (χ1) is 13.0. The van der Waals surface area contributed by atoms with Gasteiger partial charge in [-0.1, -0.05) is 11.6 Å². The van der Waals surface area contributed by atoms with E-state index < -0.39 is 17.5 Å². The van der Waals surface area contributed by atoms with Crippen molar-refractivity contribution in [3.05, 3.63) is 57.6 Å². The van der Waals surface area contributed by atoms with Crippen LogP contribution < -0.4 is 16.2 Å². The van der Waals surface area contributed by atoms with Gasteiger partial charge in [0.25, 0.3) is 11.5 Å². The summed E-state index contributed by atoms with van der Waals surface area (Å²) in [7, 11) is 0. The topological polar surface area (TPSA) is 106 Å². The fourth-order valence-corrected chi connectivity index (χ4v) is 4.07. The van der Waals surface area contributed by atoms with Gasteiger partial charge in [-0.05, 0) is 24.3 Å². The van der Waals surface area contributed by atoms with Crippen LogP contribution in [0.2, 0.25) is 5.02 Å². The smallest absolute Gasteiger partial charge is 0.319 e. The van der Waals surface area contributed by atoms with Crippen molar-refractivity contribution < 1.29 is 9.59 Å². The van der Waals surface area contributed by atoms with Gasteiger partial charge in [-0.25, -0.2) is 9.78 Å². The number of aromatic nitrogens is 3. The minimum atomic E-state index is -1.24. The monoisotopic (exact) mass is 381 g/mol. The van der Waals surface area contributed by atoms with Crippen molar-refractivity contribution in [2.24, 2.45) is 0 Å². The number of fused-ring (bicyclic) bond motifs is 1. The lowest BCUT2D eigenvalue weighted by Gasteiger charge is -2.33. The Hall–Kier alpha value is -3.26. The lowest BCUT2D eigenvalue weighted by molar-refractivity contribution is -0.124. The molecule has 1 saturated heterocycles. The molecule has 1 aromatic carbocycles. The molecular weight excluding hydrogens is 370 g/mol. The van der Waals surface area contributed by atoms with E-state index in [9.17, 15) is 14.4 Å². The number of nitrogens with one attached hydrogen (secondary N) is 2. The van der Waals surface area contributed by atoms with E-state index in [1.807, 2.05) is 0 Å². The van der Waals surface area contributed by atoms with Crippen LogP contribution in [0.25, 0.3) is 22.3 Å². The summed E-state index contributed by atoms with van der Waals surface area (Å²) in [5.74, 6) is -0.451. The first-order valence-electron chi connectivity index (χ1n) is 8.28. The second kappa shape index (κ2) is 5.37. The summed E-state index contributed by atoms with van der Waals surface area (Å²) >= 11 is 6.28. The molecule has 0 aliphatic carbocycles. The second-order valence-corrected chi connectivity index (χ2v) is 6.97. The molecule has 2 aliphatic heterocycles. The minimum Gasteiger partial charge on any atom is -0.319 e. The SMILES string of the molecule is O=C1NC(=O)C2(CCn3c(=O)c(-c4ccncc4)nc4cc(Cl)cc2c43)N1. The van der Waals surface area contributed by atoms with Crippen LogP contribution in [0.4, 0.5) is 4.79 Å². The summed E-state index contributed by atoms with van der Waals surface area (Å²) in [6, 6.07) is 6.12. The lowest BCUT2D eigenvalue weighted by Crippen LogP contribution is -2.48. The molecule has 1 spiro atoms. The van der Waals surface area contributed by atoms with Crippen molar-refractivity contribution in [2.75, 3.05) is 0 Å². The van der Waals surface area contributed by atoms with Gasteiger partial charge in [-0.2, -0.15) is 0 Å². The second-order valence-electron chi connectivity index (χ2n) is 6.54. The lowest BCUT2D eigenvalue weighted by atomic mass is 9.83. The average Bonchev–Trinajstić information content (AvgIpc) is 2.94. The number of urea groups is 1. The minimum absolute atomic E-state index is 0.243. The van der Waals surface area contributed by atoms with Gasteiger partial charge in [0.2, 0.25) is 0 Å². The van der Waals surface area contributed by atoms with Crippen molar-refractivity contribution >= 4 is 34.6 Å². The van der Waals surface area contributed by atoms with Gasteiger partial charge in [0.15, 0.2) is 0 Å². The van der Waals surface area contributed by atoms with E-state index in [-0.39, 0.29) is 24.2 Å². The van der Waals surface area contributed by atoms with Gasteiger partial charge in [-0.3, -0.25) is 19.9 Å². The van der Waals surface area contributed by atoms with Crippen LogP contribution in [0, 0.1) is 0 Å². The summed E-state index contributed by atoms with van der Waals surface area (Å²) < 4.78 is 1.59. The van der Waals surface area contributed by atoms with Gasteiger partial charge >= 0.3 is 6.03 Å². The zero-order valence-corrected chi connectivity index (χ0v) is 14.6. The fraction of sp³-hybridized carbons (Fsp3) is 0.167. The molecule has 0 bridgehead atoms. The Balaban J connectivity index is 1.87. The van der Waals surface area contributed by atoms with Crippen molar-refractivity contribution in [1.82, 2.24) is 25.2 Å². The molecule has 4 heterocycles. The van der Waals surface area contributed by atoms with Gasteiger partial charge in [0.1, 0.15) is 11.2 Å². The van der Waals surface area contributed by atoms with E-state index in [1.54, 1.807) is 41.2 Å². The molecule has 2 aliphatic rings. The van der Waals surface area contributed by atoms with E-state index >= 15 is 0 Å². The first kappa shape index (κ1) is 16.0. The van der Waals surface area contributed by atoms with E-state index in [2.05, 4.69) is 20.6 Å². The average molecular weight is 382 g/mol. The van der Waals surface area contributed by atoms with Gasteiger partial charge < -0.3 is 9.88 Å². The number of hydrogen-bond acceptors (Lipinski definition) is 5. The number of pyridine rings is 1. The van der Waals surface area contributed by atoms with E-state index in [4.69, 9.17) is 11.6 Å². The Kier molecular flexibility index (Phi) is 3.17. The third-order valence-electron chi connectivity index (χ3n) is 5.07. The van der Waals surface area contributed by atoms with Crippen molar-refractivity contribution in [1.29, 1.82) is 0 Å². The maximum absolute atomic E-state index is 13.1. The molecule has 2 N–H and O–H groups in total. The van der Waals surface area contributed by atoms with Crippen LogP contribution >= 0.6 is 11.6 Å². The Bertz CT molecular complexity index is 1210. The molecular formula is C18H12ClN5O3. The van der Waals surface area contributed by atoms with Gasteiger partial charge in [-0.15, -0.1) is 0 Å². The quantitative estimate of drug-likeness (QED) is 0.622. The van der Waals surface area contributed by atoms with Crippen molar-refractivity contribution in [3.8, 4) is 11.3 Å². The molecule has 3 aromatic rings. The van der Waals surface area contributed by atoms with Gasteiger partial charge in [0, 0.05) is 41.5 Å². The third kappa shape index (κ3) is 2.13. The van der Waals surface area contributed by atoms with E-state index in [1.165, 1.54) is 0 Å². The highest BCUT2D eigenvalue weighted by atomic mass is 35.5. The maximum atomic E-state index is 13.1. The standard InChI is InChI=1S/C18H12ClN5O3/c19-10-7-11-14-12(8-10)21-13(9-1-4-20-5-2-9)15(25)24(14)6-3-18(11)16(26)22-17(27)23-18/h1-2,4-5,7-8H,3,6H2,(H2,22,23,26,27). The number of benzene rings is 1. The summed E-state index contributed by atoms with van der Waals surface area (Å²) in [5.41, 5.74) is 0.889. The van der Waals surface area contributed by atoms with Crippen LogP contribution in [0.1, 0.15) is 12.0 Å². The number of hydrogen-bond donors (Lipinski definition) is 2. The predicted octanol–water partition coefficient (Wildman–Crippen LogP) is 1.55. The molecule has 134 valence electrons. The van der Waals surface area contributed by atoms with Crippen LogP contribution in [0.15, 0.2) is 41.5 Å². The zero-order chi connectivity index (χ0) is 18.8. The fourth-order valence-electron chi connectivity index (χ4n) is 3.86. The van der Waals surface area contributed by atoms with Crippen molar-refractivity contribution in [2.45, 2.75) is 18.5 Å². The number of nitrogens with zero attached hydrogens (tertiary/aromatic N) is 3. The molecule has 2 aromatic heterocycles. The van der Waals surface area contributed by atoms with Crippen LogP contribution in [-0.2, 0) is 16.9 Å².